The van der Waals surface area contributed by atoms with E-state index in [2.05, 4.69) is 40.2 Å². The molecule has 1 saturated heterocycles. The van der Waals surface area contributed by atoms with E-state index in [-0.39, 0.29) is 5.91 Å². The number of benzene rings is 2. The van der Waals surface area contributed by atoms with Crippen molar-refractivity contribution in [3.05, 3.63) is 60.2 Å². The van der Waals surface area contributed by atoms with Gasteiger partial charge >= 0.3 is 0 Å². The molecule has 1 aromatic heterocycles. The molecule has 1 atom stereocenters. The summed E-state index contributed by atoms with van der Waals surface area (Å²) in [5.74, 6) is 0.826. The summed E-state index contributed by atoms with van der Waals surface area (Å²) in [5.41, 5.74) is 4.77. The number of aromatic nitrogens is 1. The molecule has 1 aliphatic heterocycles. The molecule has 2 aliphatic rings. The number of pyridine rings is 1. The molecule has 166 valence electrons. The number of amides is 1. The fourth-order valence-corrected chi connectivity index (χ4v) is 4.54. The van der Waals surface area contributed by atoms with E-state index in [0.29, 0.717) is 11.6 Å². The van der Waals surface area contributed by atoms with E-state index < -0.39 is 0 Å². The van der Waals surface area contributed by atoms with Gasteiger partial charge in [0.15, 0.2) is 0 Å². The largest absolute Gasteiger partial charge is 0.384 e. The third-order valence-corrected chi connectivity index (χ3v) is 6.58. The minimum Gasteiger partial charge on any atom is -0.384 e. The number of carbonyl (C=O) groups is 1. The van der Waals surface area contributed by atoms with Gasteiger partial charge in [0.05, 0.1) is 11.2 Å². The van der Waals surface area contributed by atoms with Crippen LogP contribution >= 0.6 is 0 Å². The average Bonchev–Trinajstić information content (AvgIpc) is 3.66. The number of carbonyl (C=O) groups excluding carboxylic acids is 1. The maximum Gasteiger partial charge on any atom is 0.251 e. The van der Waals surface area contributed by atoms with Gasteiger partial charge in [-0.05, 0) is 81.8 Å². The van der Waals surface area contributed by atoms with Crippen LogP contribution in [-0.2, 0) is 0 Å². The average molecular weight is 429 g/mol. The van der Waals surface area contributed by atoms with Crippen molar-refractivity contribution in [3.63, 3.8) is 0 Å². The van der Waals surface area contributed by atoms with Crippen LogP contribution in [0.3, 0.4) is 0 Å². The maximum atomic E-state index is 12.3. The molecule has 5 nitrogen and oxygen atoms in total. The standard InChI is InChI=1S/C27H32N4O/c32-27(30-22-13-14-22)21-11-9-20(10-12-21)25-17-26(23-7-1-2-8-24(23)31-25)29-16-4-6-19-5-3-15-28-18-19/h1-2,7-12,17,19,22,28H,3-6,13-16,18H2,(H,29,31)(H,30,32). The summed E-state index contributed by atoms with van der Waals surface area (Å²) < 4.78 is 0. The first-order valence-corrected chi connectivity index (χ1v) is 12.0. The van der Waals surface area contributed by atoms with E-state index in [0.717, 1.165) is 59.7 Å². The van der Waals surface area contributed by atoms with Crippen molar-refractivity contribution < 1.29 is 4.79 Å². The normalized spacial score (nSPS) is 18.4. The molecule has 2 heterocycles. The first kappa shape index (κ1) is 21.0. The lowest BCUT2D eigenvalue weighted by Gasteiger charge is -2.22. The van der Waals surface area contributed by atoms with Gasteiger partial charge in [-0.2, -0.15) is 0 Å². The molecule has 5 rings (SSSR count). The molecule has 2 aromatic carbocycles. The quantitative estimate of drug-likeness (QED) is 0.443. The maximum absolute atomic E-state index is 12.3. The van der Waals surface area contributed by atoms with Gasteiger partial charge < -0.3 is 16.0 Å². The van der Waals surface area contributed by atoms with Gasteiger partial charge in [0.1, 0.15) is 0 Å². The number of nitrogens with one attached hydrogen (secondary N) is 3. The third kappa shape index (κ3) is 5.10. The lowest BCUT2D eigenvalue weighted by Crippen LogP contribution is -2.29. The van der Waals surface area contributed by atoms with E-state index in [1.807, 2.05) is 30.3 Å². The van der Waals surface area contributed by atoms with E-state index in [1.165, 1.54) is 32.2 Å². The molecule has 5 heteroatoms. The predicted molar refractivity (Wildman–Crippen MR) is 131 cm³/mol. The number of hydrogen-bond acceptors (Lipinski definition) is 4. The number of para-hydroxylation sites is 1. The number of anilines is 1. The smallest absolute Gasteiger partial charge is 0.251 e. The van der Waals surface area contributed by atoms with Crippen molar-refractivity contribution in [3.8, 4) is 11.3 Å². The zero-order chi connectivity index (χ0) is 21.8. The second-order valence-corrected chi connectivity index (χ2v) is 9.18. The molecule has 0 radical (unpaired) electrons. The summed E-state index contributed by atoms with van der Waals surface area (Å²) in [4.78, 5) is 17.2. The van der Waals surface area contributed by atoms with Gasteiger partial charge in [-0.15, -0.1) is 0 Å². The van der Waals surface area contributed by atoms with Crippen molar-refractivity contribution in [1.82, 2.24) is 15.6 Å². The number of piperidine rings is 1. The van der Waals surface area contributed by atoms with Crippen molar-refractivity contribution >= 4 is 22.5 Å². The highest BCUT2D eigenvalue weighted by Gasteiger charge is 2.23. The highest BCUT2D eigenvalue weighted by atomic mass is 16.1. The van der Waals surface area contributed by atoms with Crippen LogP contribution in [0.25, 0.3) is 22.2 Å². The Kier molecular flexibility index (Phi) is 6.35. The summed E-state index contributed by atoms with van der Waals surface area (Å²) in [6.45, 7) is 3.30. The zero-order valence-corrected chi connectivity index (χ0v) is 18.6. The Morgan fingerprint density at radius 1 is 1.06 bits per heavy atom. The molecule has 1 unspecified atom stereocenters. The highest BCUT2D eigenvalue weighted by molar-refractivity contribution is 5.96. The Labute approximate surface area is 190 Å². The van der Waals surface area contributed by atoms with Gasteiger partial charge in [0.25, 0.3) is 5.91 Å². The first-order chi connectivity index (χ1) is 15.8. The fourth-order valence-electron chi connectivity index (χ4n) is 4.54. The number of rotatable bonds is 8. The SMILES string of the molecule is O=C(NC1CC1)c1ccc(-c2cc(NCCCC3CCCNC3)c3ccccc3n2)cc1. The lowest BCUT2D eigenvalue weighted by molar-refractivity contribution is 0.0951. The van der Waals surface area contributed by atoms with Crippen molar-refractivity contribution in [2.45, 2.75) is 44.6 Å². The molecule has 1 aliphatic carbocycles. The predicted octanol–water partition coefficient (Wildman–Crippen LogP) is 4.99. The third-order valence-electron chi connectivity index (χ3n) is 6.58. The summed E-state index contributed by atoms with van der Waals surface area (Å²) >= 11 is 0. The van der Waals surface area contributed by atoms with Crippen LogP contribution in [0.5, 0.6) is 0 Å². The van der Waals surface area contributed by atoms with Crippen molar-refractivity contribution in [1.29, 1.82) is 0 Å². The summed E-state index contributed by atoms with van der Waals surface area (Å²) in [5, 5.41) is 11.4. The second kappa shape index (κ2) is 9.70. The molecular weight excluding hydrogens is 396 g/mol. The molecule has 2 fully saturated rings. The van der Waals surface area contributed by atoms with Gasteiger partial charge in [-0.25, -0.2) is 4.98 Å². The number of nitrogens with zero attached hydrogens (tertiary/aromatic N) is 1. The summed E-state index contributed by atoms with van der Waals surface area (Å²) in [6, 6.07) is 18.6. The Morgan fingerprint density at radius 2 is 1.91 bits per heavy atom. The van der Waals surface area contributed by atoms with E-state index in [1.54, 1.807) is 0 Å². The highest BCUT2D eigenvalue weighted by Crippen LogP contribution is 2.29. The molecule has 1 saturated carbocycles. The summed E-state index contributed by atoms with van der Waals surface area (Å²) in [6.07, 6.45) is 7.28. The van der Waals surface area contributed by atoms with Gasteiger partial charge in [-0.3, -0.25) is 4.79 Å². The molecule has 32 heavy (non-hydrogen) atoms. The van der Waals surface area contributed by atoms with Gasteiger partial charge in [0, 0.05) is 34.8 Å². The van der Waals surface area contributed by atoms with Crippen LogP contribution in [0.1, 0.15) is 48.9 Å². The Bertz CT molecular complexity index is 1070. The molecule has 3 N–H and O–H groups in total. The second-order valence-electron chi connectivity index (χ2n) is 9.18. The molecular formula is C27H32N4O. The van der Waals surface area contributed by atoms with Crippen LogP contribution in [-0.4, -0.2) is 36.6 Å². The van der Waals surface area contributed by atoms with Crippen LogP contribution in [0.15, 0.2) is 54.6 Å². The Morgan fingerprint density at radius 3 is 2.69 bits per heavy atom. The van der Waals surface area contributed by atoms with Gasteiger partial charge in [0.2, 0.25) is 0 Å². The van der Waals surface area contributed by atoms with E-state index in [9.17, 15) is 4.79 Å². The molecule has 0 spiro atoms. The molecule has 3 aromatic rings. The zero-order valence-electron chi connectivity index (χ0n) is 18.6. The lowest BCUT2D eigenvalue weighted by atomic mass is 9.95. The molecule has 1 amide bonds. The van der Waals surface area contributed by atoms with Crippen molar-refractivity contribution in [2.24, 2.45) is 5.92 Å². The van der Waals surface area contributed by atoms with Crippen molar-refractivity contribution in [2.75, 3.05) is 25.0 Å². The van der Waals surface area contributed by atoms with Crippen LogP contribution < -0.4 is 16.0 Å². The number of fused-ring (bicyclic) bond motifs is 1. The minimum atomic E-state index is 0.0149. The topological polar surface area (TPSA) is 66.1 Å². The molecule has 0 bridgehead atoms. The van der Waals surface area contributed by atoms with Crippen LogP contribution in [0.4, 0.5) is 5.69 Å². The Balaban J connectivity index is 1.30. The monoisotopic (exact) mass is 428 g/mol. The van der Waals surface area contributed by atoms with E-state index in [4.69, 9.17) is 4.98 Å². The van der Waals surface area contributed by atoms with Crippen LogP contribution in [0.2, 0.25) is 0 Å². The minimum absolute atomic E-state index is 0.0149. The van der Waals surface area contributed by atoms with E-state index >= 15 is 0 Å². The Hall–Kier alpha value is -2.92. The number of hydrogen-bond donors (Lipinski definition) is 3. The summed E-state index contributed by atoms with van der Waals surface area (Å²) in [7, 11) is 0. The van der Waals surface area contributed by atoms with Gasteiger partial charge in [-0.1, -0.05) is 30.3 Å². The fraction of sp³-hybridized carbons (Fsp3) is 0.407. The van der Waals surface area contributed by atoms with Crippen LogP contribution in [0, 0.1) is 5.92 Å². The first-order valence-electron chi connectivity index (χ1n) is 12.0.